The number of esters is 2. The van der Waals surface area contributed by atoms with Crippen LogP contribution in [0.1, 0.15) is 79.7 Å². The van der Waals surface area contributed by atoms with Crippen molar-refractivity contribution in [3.63, 3.8) is 0 Å². The molecule has 1 unspecified atom stereocenters. The average Bonchev–Trinajstić information content (AvgIpc) is 2.69. The Balaban J connectivity index is 1.37. The molecule has 1 heterocycles. The van der Waals surface area contributed by atoms with E-state index in [2.05, 4.69) is 27.7 Å². The van der Waals surface area contributed by atoms with Crippen LogP contribution in [-0.4, -0.2) is 17.5 Å². The Morgan fingerprint density at radius 2 is 1.37 bits per heavy atom. The number of ether oxygens (including phenoxy) is 2. The molecule has 4 bridgehead atoms. The molecule has 1 atom stereocenters. The monoisotopic (exact) mass is 410 g/mol. The van der Waals surface area contributed by atoms with Crippen molar-refractivity contribution >= 4 is 11.9 Å². The number of fused-ring (bicyclic) bond motifs is 1. The molecule has 0 amide bonds. The second kappa shape index (κ2) is 6.58. The first-order valence-electron chi connectivity index (χ1n) is 11.7. The molecule has 4 saturated carbocycles. The van der Waals surface area contributed by atoms with Crippen molar-refractivity contribution in [3.05, 3.63) is 27.8 Å². The molecule has 6 rings (SSSR count). The molecule has 4 heteroatoms. The summed E-state index contributed by atoms with van der Waals surface area (Å²) in [5, 5.41) is 0. The van der Waals surface area contributed by atoms with E-state index in [1.165, 1.54) is 41.5 Å². The Morgan fingerprint density at radius 3 is 1.93 bits per heavy atom. The number of hydrogen-bond acceptors (Lipinski definition) is 4. The third kappa shape index (κ3) is 2.85. The maximum absolute atomic E-state index is 13.3. The Morgan fingerprint density at radius 1 is 0.833 bits per heavy atom. The molecule has 1 aromatic carbocycles. The van der Waals surface area contributed by atoms with Gasteiger partial charge in [0.25, 0.3) is 0 Å². The van der Waals surface area contributed by atoms with Crippen molar-refractivity contribution in [2.24, 2.45) is 23.2 Å². The summed E-state index contributed by atoms with van der Waals surface area (Å²) in [6.45, 7) is 10.2. The lowest BCUT2D eigenvalue weighted by atomic mass is 9.49. The van der Waals surface area contributed by atoms with E-state index < -0.39 is 17.0 Å². The maximum atomic E-state index is 13.3. The first-order valence-corrected chi connectivity index (χ1v) is 11.7. The van der Waals surface area contributed by atoms with E-state index in [9.17, 15) is 9.59 Å². The van der Waals surface area contributed by atoms with Gasteiger partial charge < -0.3 is 9.47 Å². The summed E-state index contributed by atoms with van der Waals surface area (Å²) in [5.74, 6) is 1.94. The summed E-state index contributed by atoms with van der Waals surface area (Å²) in [6.07, 6.45) is 7.80. The van der Waals surface area contributed by atoms with Gasteiger partial charge in [-0.05, 0) is 125 Å². The van der Waals surface area contributed by atoms with Crippen LogP contribution in [0.15, 0.2) is 0 Å². The van der Waals surface area contributed by atoms with Gasteiger partial charge in [0.1, 0.15) is 5.75 Å². The van der Waals surface area contributed by atoms with Crippen molar-refractivity contribution in [3.8, 4) is 5.75 Å². The summed E-state index contributed by atoms with van der Waals surface area (Å²) < 4.78 is 11.9. The lowest BCUT2D eigenvalue weighted by molar-refractivity contribution is -0.186. The minimum Gasteiger partial charge on any atom is -0.475 e. The van der Waals surface area contributed by atoms with E-state index >= 15 is 0 Å². The van der Waals surface area contributed by atoms with Gasteiger partial charge in [0.2, 0.25) is 5.60 Å². The van der Waals surface area contributed by atoms with E-state index in [1.807, 2.05) is 0 Å². The smallest absolute Gasteiger partial charge is 0.357 e. The van der Waals surface area contributed by atoms with Crippen LogP contribution in [0, 0.1) is 50.9 Å². The van der Waals surface area contributed by atoms with Crippen LogP contribution in [0.25, 0.3) is 0 Å². The predicted molar refractivity (Wildman–Crippen MR) is 114 cm³/mol. The summed E-state index contributed by atoms with van der Waals surface area (Å²) in [4.78, 5) is 26.5. The van der Waals surface area contributed by atoms with Gasteiger partial charge in [0.05, 0.1) is 5.41 Å². The highest BCUT2D eigenvalue weighted by atomic mass is 16.6. The summed E-state index contributed by atoms with van der Waals surface area (Å²) in [6, 6.07) is 0. The fraction of sp³-hybridized carbons (Fsp3) is 0.692. The zero-order chi connectivity index (χ0) is 21.4. The third-order valence-electron chi connectivity index (χ3n) is 9.02. The summed E-state index contributed by atoms with van der Waals surface area (Å²) >= 11 is 0. The van der Waals surface area contributed by atoms with Crippen LogP contribution in [0.3, 0.4) is 0 Å². The van der Waals surface area contributed by atoms with Gasteiger partial charge in [0.15, 0.2) is 0 Å². The van der Waals surface area contributed by atoms with Crippen LogP contribution < -0.4 is 4.74 Å². The van der Waals surface area contributed by atoms with Crippen molar-refractivity contribution in [2.45, 2.75) is 91.6 Å². The number of carbonyl (C=O) groups excluding carboxylic acids is 2. The number of hydrogen-bond donors (Lipinski definition) is 0. The Kier molecular flexibility index (Phi) is 4.40. The molecule has 1 aromatic rings. The minimum absolute atomic E-state index is 0.282. The van der Waals surface area contributed by atoms with Crippen molar-refractivity contribution in [1.29, 1.82) is 0 Å². The molecule has 5 aliphatic rings. The minimum atomic E-state index is -1.11. The van der Waals surface area contributed by atoms with Crippen molar-refractivity contribution in [2.75, 3.05) is 0 Å². The van der Waals surface area contributed by atoms with Crippen molar-refractivity contribution in [1.82, 2.24) is 0 Å². The molecule has 0 aromatic heterocycles. The molecule has 0 spiro atoms. The van der Waals surface area contributed by atoms with E-state index in [0.29, 0.717) is 24.2 Å². The van der Waals surface area contributed by atoms with Gasteiger partial charge in [-0.15, -0.1) is 0 Å². The molecule has 30 heavy (non-hydrogen) atoms. The van der Waals surface area contributed by atoms with Crippen LogP contribution in [0.2, 0.25) is 0 Å². The molecule has 162 valence electrons. The Bertz CT molecular complexity index is 908. The lowest BCUT2D eigenvalue weighted by Crippen LogP contribution is -2.53. The first-order chi connectivity index (χ1) is 14.1. The zero-order valence-corrected chi connectivity index (χ0v) is 19.0. The normalized spacial score (nSPS) is 36.2. The molecule has 0 radical (unpaired) electrons. The number of rotatable bonds is 2. The highest BCUT2D eigenvalue weighted by Gasteiger charge is 2.56. The highest BCUT2D eigenvalue weighted by molar-refractivity contribution is 5.93. The summed E-state index contributed by atoms with van der Waals surface area (Å²) in [7, 11) is 0. The van der Waals surface area contributed by atoms with Gasteiger partial charge >= 0.3 is 11.9 Å². The second-order valence-electron chi connectivity index (χ2n) is 11.0. The number of benzene rings is 1. The molecule has 1 aliphatic heterocycles. The molecule has 4 nitrogen and oxygen atoms in total. The van der Waals surface area contributed by atoms with E-state index in [4.69, 9.17) is 9.47 Å². The van der Waals surface area contributed by atoms with E-state index in [1.54, 1.807) is 6.92 Å². The molecule has 4 aliphatic carbocycles. The van der Waals surface area contributed by atoms with E-state index in [0.717, 1.165) is 37.0 Å². The second-order valence-corrected chi connectivity index (χ2v) is 11.0. The predicted octanol–water partition coefficient (Wildman–Crippen LogP) is 5.29. The largest absolute Gasteiger partial charge is 0.475 e. The molecular formula is C26H34O4. The summed E-state index contributed by atoms with van der Waals surface area (Å²) in [5.41, 5.74) is 4.48. The Hall–Kier alpha value is -1.84. The van der Waals surface area contributed by atoms with E-state index in [-0.39, 0.29) is 5.97 Å². The maximum Gasteiger partial charge on any atom is 0.357 e. The first kappa shape index (κ1) is 20.1. The van der Waals surface area contributed by atoms with Gasteiger partial charge in [0, 0.05) is 6.42 Å². The van der Waals surface area contributed by atoms with Crippen LogP contribution in [-0.2, 0) is 20.7 Å². The van der Waals surface area contributed by atoms with Gasteiger partial charge in [-0.1, -0.05) is 0 Å². The average molecular weight is 411 g/mol. The van der Waals surface area contributed by atoms with Crippen LogP contribution >= 0.6 is 0 Å². The zero-order valence-electron chi connectivity index (χ0n) is 19.0. The third-order valence-corrected chi connectivity index (χ3v) is 9.02. The molecule has 4 fully saturated rings. The fourth-order valence-electron chi connectivity index (χ4n) is 7.24. The van der Waals surface area contributed by atoms with Crippen LogP contribution in [0.5, 0.6) is 5.75 Å². The quantitative estimate of drug-likeness (QED) is 0.491. The standard InChI is InChI=1S/C26H34O4/c1-14-15(2)17(4)22-21(16(14)3)6-7-25(5,30-22)23(27)29-24(28)26-11-18-8-19(12-26)10-20(9-18)13-26/h18-20H,6-13H2,1-5H3. The topological polar surface area (TPSA) is 52.6 Å². The van der Waals surface area contributed by atoms with Crippen molar-refractivity contribution < 1.29 is 19.1 Å². The highest BCUT2D eigenvalue weighted by Crippen LogP contribution is 2.60. The lowest BCUT2D eigenvalue weighted by Gasteiger charge is -2.55. The Labute approximate surface area is 179 Å². The number of carbonyl (C=O) groups is 2. The van der Waals surface area contributed by atoms with Gasteiger partial charge in [-0.2, -0.15) is 0 Å². The van der Waals surface area contributed by atoms with Crippen LogP contribution in [0.4, 0.5) is 0 Å². The molecule has 0 saturated heterocycles. The van der Waals surface area contributed by atoms with Gasteiger partial charge in [-0.25, -0.2) is 4.79 Å². The molecular weight excluding hydrogens is 376 g/mol. The van der Waals surface area contributed by atoms with Gasteiger partial charge in [-0.3, -0.25) is 4.79 Å². The fourth-order valence-corrected chi connectivity index (χ4v) is 7.24. The molecule has 0 N–H and O–H groups in total. The SMILES string of the molecule is Cc1c(C)c(C)c2c(c1C)CCC(C)(C(=O)OC(=O)C13CC4CC(CC(C4)C1)C3)O2.